The molecule has 1 aliphatic carbocycles. The fourth-order valence-electron chi connectivity index (χ4n) is 4.87. The highest BCUT2D eigenvalue weighted by molar-refractivity contribution is 5.83. The van der Waals surface area contributed by atoms with E-state index in [1.54, 1.807) is 0 Å². The minimum Gasteiger partial charge on any atom is -0.463 e. The molecule has 0 saturated heterocycles. The third-order valence-corrected chi connectivity index (χ3v) is 6.56. The van der Waals surface area contributed by atoms with Crippen LogP contribution in [0.2, 0.25) is 0 Å². The van der Waals surface area contributed by atoms with E-state index in [4.69, 9.17) is 4.74 Å². The van der Waals surface area contributed by atoms with Gasteiger partial charge in [0.2, 0.25) is 0 Å². The average molecular weight is 411 g/mol. The van der Waals surface area contributed by atoms with Gasteiger partial charge in [0.25, 0.3) is 0 Å². The maximum atomic E-state index is 12.3. The van der Waals surface area contributed by atoms with Crippen molar-refractivity contribution in [2.75, 3.05) is 0 Å². The van der Waals surface area contributed by atoms with Crippen LogP contribution < -0.4 is 0 Å². The van der Waals surface area contributed by atoms with E-state index in [0.717, 1.165) is 83.5 Å². The lowest BCUT2D eigenvalue weighted by atomic mass is 9.84. The Morgan fingerprint density at radius 2 is 1.79 bits per heavy atom. The van der Waals surface area contributed by atoms with Crippen LogP contribution in [0, 0.1) is 17.8 Å². The smallest absolute Gasteiger partial charge is 0.306 e. The van der Waals surface area contributed by atoms with Gasteiger partial charge in [0.1, 0.15) is 5.78 Å². The van der Waals surface area contributed by atoms with E-state index in [-0.39, 0.29) is 24.1 Å². The largest absolute Gasteiger partial charge is 0.463 e. The quantitative estimate of drug-likeness (QED) is 0.242. The summed E-state index contributed by atoms with van der Waals surface area (Å²) in [5, 5.41) is 10.3. The first-order valence-corrected chi connectivity index (χ1v) is 12.3. The molecule has 1 fully saturated rings. The Morgan fingerprint density at radius 3 is 2.45 bits per heavy atom. The molecule has 1 saturated carbocycles. The van der Waals surface area contributed by atoms with Gasteiger partial charge >= 0.3 is 5.97 Å². The molecule has 29 heavy (non-hydrogen) atoms. The van der Waals surface area contributed by atoms with Crippen LogP contribution in [-0.4, -0.2) is 29.1 Å². The molecule has 0 spiro atoms. The Hall–Kier alpha value is -0.900. The number of hydrogen-bond acceptors (Lipinski definition) is 4. The third-order valence-electron chi connectivity index (χ3n) is 6.56. The molecule has 4 nitrogen and oxygen atoms in total. The number of unbranched alkanes of at least 4 members (excludes halogenated alkanes) is 3. The zero-order valence-corrected chi connectivity index (χ0v) is 19.5. The first-order valence-electron chi connectivity index (χ1n) is 12.3. The molecule has 1 rings (SSSR count). The molecule has 0 aliphatic heterocycles. The van der Waals surface area contributed by atoms with Crippen molar-refractivity contribution >= 4 is 11.8 Å². The molecular formula is C25H46O4. The summed E-state index contributed by atoms with van der Waals surface area (Å²) in [6, 6.07) is 0. The van der Waals surface area contributed by atoms with Crippen molar-refractivity contribution in [1.82, 2.24) is 0 Å². The van der Waals surface area contributed by atoms with Crippen LogP contribution in [0.5, 0.6) is 0 Å². The topological polar surface area (TPSA) is 63.6 Å². The molecule has 0 amide bonds. The lowest BCUT2D eigenvalue weighted by Gasteiger charge is -2.23. The number of ether oxygens (including phenoxy) is 1. The summed E-state index contributed by atoms with van der Waals surface area (Å²) in [7, 11) is 0. The van der Waals surface area contributed by atoms with Crippen molar-refractivity contribution in [2.45, 2.75) is 130 Å². The van der Waals surface area contributed by atoms with Crippen LogP contribution in [0.4, 0.5) is 0 Å². The normalized spacial score (nSPS) is 21.5. The van der Waals surface area contributed by atoms with E-state index < -0.39 is 0 Å². The number of ketones is 1. The Kier molecular flexibility index (Phi) is 13.5. The van der Waals surface area contributed by atoms with Gasteiger partial charge in [0.15, 0.2) is 0 Å². The molecule has 0 aromatic rings. The fourth-order valence-corrected chi connectivity index (χ4v) is 4.87. The molecule has 0 aromatic carbocycles. The minimum absolute atomic E-state index is 0.0321. The van der Waals surface area contributed by atoms with Crippen molar-refractivity contribution in [3.8, 4) is 0 Å². The van der Waals surface area contributed by atoms with Crippen LogP contribution >= 0.6 is 0 Å². The first kappa shape index (κ1) is 26.1. The second-order valence-corrected chi connectivity index (χ2v) is 9.32. The van der Waals surface area contributed by atoms with Crippen molar-refractivity contribution in [3.63, 3.8) is 0 Å². The zero-order valence-electron chi connectivity index (χ0n) is 19.5. The highest BCUT2D eigenvalue weighted by Crippen LogP contribution is 2.37. The highest BCUT2D eigenvalue weighted by atomic mass is 16.5. The summed E-state index contributed by atoms with van der Waals surface area (Å²) in [5.74, 6) is 1.58. The SMILES string of the molecule is CCCC(O)C(CC)CCC[C@H]1CCC(=O)[C@@H]1CCCCCCC(=O)OC(C)C. The number of esters is 1. The molecule has 4 atom stereocenters. The molecule has 0 radical (unpaired) electrons. The average Bonchev–Trinajstić information content (AvgIpc) is 3.01. The van der Waals surface area contributed by atoms with E-state index in [2.05, 4.69) is 13.8 Å². The molecule has 4 heteroatoms. The van der Waals surface area contributed by atoms with E-state index >= 15 is 0 Å². The first-order chi connectivity index (χ1) is 13.9. The fraction of sp³-hybridized carbons (Fsp3) is 0.920. The zero-order chi connectivity index (χ0) is 21.6. The number of aliphatic hydroxyl groups is 1. The Labute approximate surface area is 179 Å². The molecule has 0 heterocycles. The summed E-state index contributed by atoms with van der Waals surface area (Å²) in [6.45, 7) is 8.06. The van der Waals surface area contributed by atoms with Gasteiger partial charge in [-0.05, 0) is 64.2 Å². The second kappa shape index (κ2) is 15.0. The minimum atomic E-state index is -0.163. The number of carbonyl (C=O) groups excluding carboxylic acids is 2. The van der Waals surface area contributed by atoms with E-state index in [1.807, 2.05) is 13.8 Å². The van der Waals surface area contributed by atoms with Gasteiger partial charge in [0, 0.05) is 18.8 Å². The van der Waals surface area contributed by atoms with Gasteiger partial charge in [0.05, 0.1) is 12.2 Å². The van der Waals surface area contributed by atoms with Crippen LogP contribution in [0.1, 0.15) is 118 Å². The van der Waals surface area contributed by atoms with Crippen molar-refractivity contribution in [1.29, 1.82) is 0 Å². The van der Waals surface area contributed by atoms with E-state index in [1.165, 1.54) is 0 Å². The Balaban J connectivity index is 2.23. The number of hydrogen-bond donors (Lipinski definition) is 1. The summed E-state index contributed by atoms with van der Waals surface area (Å²) in [5.41, 5.74) is 0. The van der Waals surface area contributed by atoms with Gasteiger partial charge < -0.3 is 9.84 Å². The molecular weight excluding hydrogens is 364 g/mol. The summed E-state index contributed by atoms with van der Waals surface area (Å²) >= 11 is 0. The van der Waals surface area contributed by atoms with E-state index in [9.17, 15) is 14.7 Å². The van der Waals surface area contributed by atoms with Gasteiger partial charge in [-0.15, -0.1) is 0 Å². The standard InChI is InChI=1S/C25H46O4/c1-5-12-23(26)20(6-2)13-11-14-21-17-18-24(27)22(21)15-9-7-8-10-16-25(28)29-19(3)4/h19-23,26H,5-18H2,1-4H3/t20?,21-,22+,23?/m0/s1. The molecule has 2 unspecified atom stereocenters. The molecule has 0 aromatic heterocycles. The Morgan fingerprint density at radius 1 is 1.07 bits per heavy atom. The van der Waals surface area contributed by atoms with Crippen molar-refractivity contribution in [2.24, 2.45) is 17.8 Å². The van der Waals surface area contributed by atoms with Gasteiger partial charge in [-0.2, -0.15) is 0 Å². The number of Topliss-reactive ketones (excluding diaryl/α,β-unsaturated/α-hetero) is 1. The lowest BCUT2D eigenvalue weighted by Crippen LogP contribution is -2.20. The highest BCUT2D eigenvalue weighted by Gasteiger charge is 2.33. The Bertz CT molecular complexity index is 460. The van der Waals surface area contributed by atoms with Crippen LogP contribution in [0.3, 0.4) is 0 Å². The van der Waals surface area contributed by atoms with Gasteiger partial charge in [-0.3, -0.25) is 9.59 Å². The van der Waals surface area contributed by atoms with Crippen molar-refractivity contribution < 1.29 is 19.4 Å². The van der Waals surface area contributed by atoms with Gasteiger partial charge in [-0.1, -0.05) is 52.4 Å². The third kappa shape index (κ3) is 10.6. The molecule has 0 bridgehead atoms. The van der Waals surface area contributed by atoms with Gasteiger partial charge in [-0.25, -0.2) is 0 Å². The van der Waals surface area contributed by atoms with Crippen LogP contribution in [-0.2, 0) is 14.3 Å². The number of carbonyl (C=O) groups is 2. The summed E-state index contributed by atoms with van der Waals surface area (Å²) in [4.78, 5) is 23.9. The second-order valence-electron chi connectivity index (χ2n) is 9.32. The predicted octanol–water partition coefficient (Wildman–Crippen LogP) is 6.23. The molecule has 1 N–H and O–H groups in total. The van der Waals surface area contributed by atoms with Crippen molar-refractivity contribution in [3.05, 3.63) is 0 Å². The lowest BCUT2D eigenvalue weighted by molar-refractivity contribution is -0.147. The predicted molar refractivity (Wildman–Crippen MR) is 119 cm³/mol. The molecule has 1 aliphatic rings. The van der Waals surface area contributed by atoms with Crippen LogP contribution in [0.15, 0.2) is 0 Å². The van der Waals surface area contributed by atoms with Crippen LogP contribution in [0.25, 0.3) is 0 Å². The number of aliphatic hydroxyl groups excluding tert-OH is 1. The molecule has 170 valence electrons. The maximum Gasteiger partial charge on any atom is 0.306 e. The number of rotatable bonds is 16. The monoisotopic (exact) mass is 410 g/mol. The maximum absolute atomic E-state index is 12.3. The van der Waals surface area contributed by atoms with E-state index in [0.29, 0.717) is 24.0 Å². The summed E-state index contributed by atoms with van der Waals surface area (Å²) < 4.78 is 5.16. The summed E-state index contributed by atoms with van der Waals surface area (Å²) in [6.07, 6.45) is 13.5.